The summed E-state index contributed by atoms with van der Waals surface area (Å²) >= 11 is 0. The highest BCUT2D eigenvalue weighted by atomic mass is 16.5. The highest BCUT2D eigenvalue weighted by Gasteiger charge is 2.31. The Kier molecular flexibility index (Phi) is 5.49. The van der Waals surface area contributed by atoms with Gasteiger partial charge in [-0.05, 0) is 36.1 Å². The van der Waals surface area contributed by atoms with Gasteiger partial charge in [0.1, 0.15) is 0 Å². The van der Waals surface area contributed by atoms with Gasteiger partial charge in [-0.3, -0.25) is 9.78 Å². The number of carbonyl (C=O) groups is 1. The van der Waals surface area contributed by atoms with Gasteiger partial charge in [0.25, 0.3) is 0 Å². The molecule has 0 aliphatic carbocycles. The first-order chi connectivity index (χ1) is 13.7. The van der Waals surface area contributed by atoms with E-state index in [4.69, 9.17) is 4.74 Å². The fraction of sp³-hybridized carbons (Fsp3) is 0.250. The SMILES string of the molecule is CC(=O)N[C@H]1C[C@@H](c2ccc(-c3ccccn3)cc2)O[C@@H](c2ccccc2)C1. The van der Waals surface area contributed by atoms with E-state index in [2.05, 4.69) is 46.7 Å². The Morgan fingerprint density at radius 3 is 2.14 bits per heavy atom. The molecule has 0 spiro atoms. The minimum absolute atomic E-state index is 0.00274. The Hall–Kier alpha value is -2.98. The van der Waals surface area contributed by atoms with Crippen LogP contribution in [0.4, 0.5) is 0 Å². The van der Waals surface area contributed by atoms with Crippen molar-refractivity contribution in [2.24, 2.45) is 0 Å². The first-order valence-corrected chi connectivity index (χ1v) is 9.68. The molecule has 2 heterocycles. The third-order valence-electron chi connectivity index (χ3n) is 5.15. The summed E-state index contributed by atoms with van der Waals surface area (Å²) in [5.74, 6) is 0.00274. The number of carbonyl (C=O) groups excluding carboxylic acids is 1. The number of rotatable bonds is 4. The number of hydrogen-bond donors (Lipinski definition) is 1. The summed E-state index contributed by atoms with van der Waals surface area (Å²) < 4.78 is 6.45. The third-order valence-corrected chi connectivity index (χ3v) is 5.15. The van der Waals surface area contributed by atoms with Crippen LogP contribution < -0.4 is 5.32 Å². The normalized spacial score (nSPS) is 21.8. The molecule has 1 N–H and O–H groups in total. The molecule has 3 atom stereocenters. The second-order valence-electron chi connectivity index (χ2n) is 7.23. The Morgan fingerprint density at radius 2 is 1.54 bits per heavy atom. The van der Waals surface area contributed by atoms with E-state index in [1.54, 1.807) is 13.1 Å². The van der Waals surface area contributed by atoms with Crippen LogP contribution in [0, 0.1) is 0 Å². The molecule has 4 nitrogen and oxygen atoms in total. The lowest BCUT2D eigenvalue weighted by Crippen LogP contribution is -2.39. The monoisotopic (exact) mass is 372 g/mol. The summed E-state index contributed by atoms with van der Waals surface area (Å²) in [6.45, 7) is 1.57. The van der Waals surface area contributed by atoms with Gasteiger partial charge in [-0.1, -0.05) is 60.7 Å². The second-order valence-corrected chi connectivity index (χ2v) is 7.23. The van der Waals surface area contributed by atoms with E-state index in [1.165, 1.54) is 0 Å². The molecular formula is C24H24N2O2. The van der Waals surface area contributed by atoms with Crippen molar-refractivity contribution in [1.29, 1.82) is 0 Å². The largest absolute Gasteiger partial charge is 0.365 e. The van der Waals surface area contributed by atoms with Crippen molar-refractivity contribution in [3.05, 3.63) is 90.1 Å². The lowest BCUT2D eigenvalue weighted by Gasteiger charge is -2.36. The molecule has 1 fully saturated rings. The maximum Gasteiger partial charge on any atom is 0.217 e. The first-order valence-electron chi connectivity index (χ1n) is 9.68. The summed E-state index contributed by atoms with van der Waals surface area (Å²) in [7, 11) is 0. The number of nitrogens with zero attached hydrogens (tertiary/aromatic N) is 1. The van der Waals surface area contributed by atoms with E-state index >= 15 is 0 Å². The number of amides is 1. The van der Waals surface area contributed by atoms with Crippen LogP contribution in [0.15, 0.2) is 79.0 Å². The molecule has 1 aromatic heterocycles. The van der Waals surface area contributed by atoms with Crippen LogP contribution in [0.1, 0.15) is 43.1 Å². The Bertz CT molecular complexity index is 910. The molecule has 1 saturated heterocycles. The number of benzene rings is 2. The van der Waals surface area contributed by atoms with Crippen LogP contribution in [0.5, 0.6) is 0 Å². The number of ether oxygens (including phenoxy) is 1. The third kappa shape index (κ3) is 4.29. The molecule has 0 unspecified atom stereocenters. The summed E-state index contributed by atoms with van der Waals surface area (Å²) in [4.78, 5) is 16.0. The van der Waals surface area contributed by atoms with Crippen LogP contribution in [0.2, 0.25) is 0 Å². The lowest BCUT2D eigenvalue weighted by molar-refractivity contribution is -0.122. The van der Waals surface area contributed by atoms with Crippen molar-refractivity contribution in [2.75, 3.05) is 0 Å². The fourth-order valence-corrected chi connectivity index (χ4v) is 3.83. The Labute approximate surface area is 165 Å². The predicted molar refractivity (Wildman–Crippen MR) is 110 cm³/mol. The summed E-state index contributed by atoms with van der Waals surface area (Å²) in [5.41, 5.74) is 4.30. The molecule has 1 aliphatic rings. The first kappa shape index (κ1) is 18.4. The molecule has 0 radical (unpaired) electrons. The number of hydrogen-bond acceptors (Lipinski definition) is 3. The van der Waals surface area contributed by atoms with Gasteiger partial charge in [0, 0.05) is 24.7 Å². The maximum absolute atomic E-state index is 11.6. The van der Waals surface area contributed by atoms with E-state index in [0.29, 0.717) is 0 Å². The molecule has 4 rings (SSSR count). The zero-order valence-electron chi connectivity index (χ0n) is 15.9. The van der Waals surface area contributed by atoms with Gasteiger partial charge in [0.05, 0.1) is 17.9 Å². The summed E-state index contributed by atoms with van der Waals surface area (Å²) in [6, 6.07) is 24.6. The number of aromatic nitrogens is 1. The summed E-state index contributed by atoms with van der Waals surface area (Å²) in [6.07, 6.45) is 3.26. The Balaban J connectivity index is 1.57. The molecule has 28 heavy (non-hydrogen) atoms. The van der Waals surface area contributed by atoms with Crippen LogP contribution in [0.25, 0.3) is 11.3 Å². The van der Waals surface area contributed by atoms with Gasteiger partial charge in [-0.15, -0.1) is 0 Å². The van der Waals surface area contributed by atoms with Gasteiger partial charge in [0.2, 0.25) is 5.91 Å². The molecular weight excluding hydrogens is 348 g/mol. The molecule has 4 heteroatoms. The molecule has 0 saturated carbocycles. The smallest absolute Gasteiger partial charge is 0.217 e. The van der Waals surface area contributed by atoms with E-state index in [1.807, 2.05) is 36.4 Å². The van der Waals surface area contributed by atoms with Gasteiger partial charge in [-0.25, -0.2) is 0 Å². The minimum atomic E-state index is -0.0615. The maximum atomic E-state index is 11.6. The highest BCUT2D eigenvalue weighted by molar-refractivity contribution is 5.73. The second kappa shape index (κ2) is 8.36. The van der Waals surface area contributed by atoms with Crippen LogP contribution in [0.3, 0.4) is 0 Å². The van der Waals surface area contributed by atoms with Crippen LogP contribution in [-0.2, 0) is 9.53 Å². The van der Waals surface area contributed by atoms with Crippen molar-refractivity contribution >= 4 is 5.91 Å². The molecule has 2 aromatic carbocycles. The van der Waals surface area contributed by atoms with Crippen molar-refractivity contribution in [3.8, 4) is 11.3 Å². The molecule has 3 aromatic rings. The average Bonchev–Trinajstić information content (AvgIpc) is 2.74. The van der Waals surface area contributed by atoms with Crippen molar-refractivity contribution in [1.82, 2.24) is 10.3 Å². The zero-order valence-corrected chi connectivity index (χ0v) is 15.9. The van der Waals surface area contributed by atoms with Gasteiger partial charge in [0.15, 0.2) is 0 Å². The quantitative estimate of drug-likeness (QED) is 0.712. The van der Waals surface area contributed by atoms with Gasteiger partial charge < -0.3 is 10.1 Å². The van der Waals surface area contributed by atoms with Crippen molar-refractivity contribution < 1.29 is 9.53 Å². The summed E-state index contributed by atoms with van der Waals surface area (Å²) in [5, 5.41) is 3.09. The molecule has 1 aliphatic heterocycles. The van der Waals surface area contributed by atoms with Gasteiger partial charge in [-0.2, -0.15) is 0 Å². The molecule has 142 valence electrons. The number of nitrogens with one attached hydrogen (secondary N) is 1. The van der Waals surface area contributed by atoms with Crippen molar-refractivity contribution in [2.45, 2.75) is 38.0 Å². The molecule has 0 bridgehead atoms. The highest BCUT2D eigenvalue weighted by Crippen LogP contribution is 2.39. The minimum Gasteiger partial charge on any atom is -0.365 e. The van der Waals surface area contributed by atoms with Crippen LogP contribution >= 0.6 is 0 Å². The van der Waals surface area contributed by atoms with E-state index in [0.717, 1.165) is 35.2 Å². The van der Waals surface area contributed by atoms with E-state index < -0.39 is 0 Å². The Morgan fingerprint density at radius 1 is 0.893 bits per heavy atom. The lowest BCUT2D eigenvalue weighted by atomic mass is 9.91. The van der Waals surface area contributed by atoms with Crippen LogP contribution in [-0.4, -0.2) is 16.9 Å². The topological polar surface area (TPSA) is 51.2 Å². The van der Waals surface area contributed by atoms with E-state index in [-0.39, 0.29) is 24.2 Å². The molecule has 1 amide bonds. The zero-order chi connectivity index (χ0) is 19.3. The number of pyridine rings is 1. The standard InChI is InChI=1S/C24H24N2O2/c1-17(27)26-21-15-23(19-7-3-2-4-8-19)28-24(16-21)20-12-10-18(11-13-20)22-9-5-6-14-25-22/h2-14,21,23-24H,15-16H2,1H3,(H,26,27)/t21-,23-,24+/m1/s1. The fourth-order valence-electron chi connectivity index (χ4n) is 3.83. The van der Waals surface area contributed by atoms with E-state index in [9.17, 15) is 4.79 Å². The van der Waals surface area contributed by atoms with Crippen molar-refractivity contribution in [3.63, 3.8) is 0 Å². The predicted octanol–water partition coefficient (Wildman–Crippen LogP) is 4.85. The average molecular weight is 372 g/mol. The van der Waals surface area contributed by atoms with Gasteiger partial charge >= 0.3 is 0 Å².